The van der Waals surface area contributed by atoms with Gasteiger partial charge in [-0.1, -0.05) is 0 Å². The summed E-state index contributed by atoms with van der Waals surface area (Å²) in [4.78, 5) is 16.6. The van der Waals surface area contributed by atoms with Crippen LogP contribution in [0.4, 0.5) is 11.4 Å². The molecular weight excluding hydrogens is 386 g/mol. The van der Waals surface area contributed by atoms with Gasteiger partial charge in [0.1, 0.15) is 23.1 Å². The first kappa shape index (κ1) is 20.6. The Balaban J connectivity index is 1.99. The minimum Gasteiger partial charge on any atom is -0.495 e. The maximum atomic E-state index is 13.3. The molecular formula is C22H23N3O3S. The Bertz CT molecular complexity index is 993. The van der Waals surface area contributed by atoms with E-state index in [1.807, 2.05) is 56.9 Å². The van der Waals surface area contributed by atoms with Crippen molar-refractivity contribution in [2.75, 3.05) is 16.9 Å². The fourth-order valence-electron chi connectivity index (χ4n) is 3.31. The Morgan fingerprint density at radius 2 is 1.72 bits per heavy atom. The molecule has 7 heteroatoms. The minimum atomic E-state index is -0.876. The van der Waals surface area contributed by atoms with Gasteiger partial charge in [-0.25, -0.2) is 0 Å². The minimum absolute atomic E-state index is 0.0774. The highest BCUT2D eigenvalue weighted by Gasteiger charge is 2.50. The Labute approximate surface area is 176 Å². The zero-order chi connectivity index (χ0) is 21.3. The third-order valence-electron chi connectivity index (χ3n) is 4.70. The molecule has 1 heterocycles. The van der Waals surface area contributed by atoms with Gasteiger partial charge in [0.2, 0.25) is 0 Å². The van der Waals surface area contributed by atoms with Crippen molar-refractivity contribution >= 4 is 34.6 Å². The number of carbonyl (C=O) groups excluding carboxylic acids is 1. The number of methoxy groups -OCH3 is 1. The molecule has 29 heavy (non-hydrogen) atoms. The molecule has 0 N–H and O–H groups in total. The van der Waals surface area contributed by atoms with Crippen LogP contribution in [0.1, 0.15) is 33.3 Å². The molecule has 1 fully saturated rings. The Morgan fingerprint density at radius 1 is 1.10 bits per heavy atom. The van der Waals surface area contributed by atoms with Crippen LogP contribution in [-0.2, 0) is 4.79 Å². The molecule has 0 saturated carbocycles. The average Bonchev–Trinajstić information content (AvgIpc) is 2.86. The van der Waals surface area contributed by atoms with Gasteiger partial charge in [-0.15, -0.1) is 0 Å². The number of hydrogen-bond donors (Lipinski definition) is 0. The molecule has 1 aliphatic heterocycles. The van der Waals surface area contributed by atoms with Crippen LogP contribution in [0.3, 0.4) is 0 Å². The second-order valence-corrected chi connectivity index (χ2v) is 7.84. The first-order valence-electron chi connectivity index (χ1n) is 9.24. The lowest BCUT2D eigenvalue weighted by Crippen LogP contribution is -2.44. The molecule has 0 atom stereocenters. The smallest absolute Gasteiger partial charge is 0.259 e. The van der Waals surface area contributed by atoms with Crippen LogP contribution in [-0.4, -0.2) is 29.8 Å². The van der Waals surface area contributed by atoms with E-state index in [-0.39, 0.29) is 12.0 Å². The molecule has 0 aliphatic carbocycles. The van der Waals surface area contributed by atoms with Crippen molar-refractivity contribution in [2.45, 2.75) is 39.3 Å². The highest BCUT2D eigenvalue weighted by atomic mass is 32.1. The van der Waals surface area contributed by atoms with Gasteiger partial charge in [0.05, 0.1) is 24.5 Å². The number of thiocarbonyl (C=S) groups is 1. The van der Waals surface area contributed by atoms with E-state index in [2.05, 4.69) is 6.07 Å². The summed E-state index contributed by atoms with van der Waals surface area (Å²) in [6.45, 7) is 7.60. The fourth-order valence-corrected chi connectivity index (χ4v) is 3.84. The van der Waals surface area contributed by atoms with Crippen LogP contribution in [0.2, 0.25) is 0 Å². The quantitative estimate of drug-likeness (QED) is 0.687. The van der Waals surface area contributed by atoms with Gasteiger partial charge in [0.25, 0.3) is 5.91 Å². The number of carbonyl (C=O) groups is 1. The lowest BCUT2D eigenvalue weighted by Gasteiger charge is -2.29. The maximum Gasteiger partial charge on any atom is 0.259 e. The normalized spacial score (nSPS) is 15.6. The Morgan fingerprint density at radius 3 is 2.28 bits per heavy atom. The van der Waals surface area contributed by atoms with E-state index in [0.717, 1.165) is 11.4 Å². The molecule has 0 aromatic heterocycles. The van der Waals surface area contributed by atoms with Crippen molar-refractivity contribution in [2.24, 2.45) is 0 Å². The molecule has 2 aromatic rings. The SMILES string of the molecule is COc1cc(N2C(=O)C(C)(C)N(c3ccc(OC(C)C)cc3)C2=S)ccc1C#N. The predicted octanol–water partition coefficient (Wildman–Crippen LogP) is 4.27. The number of benzene rings is 2. The second-order valence-electron chi connectivity index (χ2n) is 7.47. The number of hydrogen-bond acceptors (Lipinski definition) is 5. The van der Waals surface area contributed by atoms with Gasteiger partial charge >= 0.3 is 0 Å². The number of anilines is 2. The molecule has 0 unspecified atom stereocenters. The van der Waals surface area contributed by atoms with Gasteiger partial charge < -0.3 is 14.4 Å². The largest absolute Gasteiger partial charge is 0.495 e. The summed E-state index contributed by atoms with van der Waals surface area (Å²) in [6.07, 6.45) is 0.0774. The average molecular weight is 410 g/mol. The van der Waals surface area contributed by atoms with Gasteiger partial charge in [-0.05, 0) is 76.3 Å². The van der Waals surface area contributed by atoms with E-state index in [4.69, 9.17) is 21.7 Å². The van der Waals surface area contributed by atoms with Crippen molar-refractivity contribution in [1.82, 2.24) is 0 Å². The molecule has 2 aromatic carbocycles. The summed E-state index contributed by atoms with van der Waals surface area (Å²) >= 11 is 5.69. The van der Waals surface area contributed by atoms with Gasteiger partial charge in [-0.3, -0.25) is 9.69 Å². The summed E-state index contributed by atoms with van der Waals surface area (Å²) in [5.41, 5.74) is 0.878. The zero-order valence-electron chi connectivity index (χ0n) is 17.1. The molecule has 3 rings (SSSR count). The Kier molecular flexibility index (Phi) is 5.49. The lowest BCUT2D eigenvalue weighted by atomic mass is 10.0. The van der Waals surface area contributed by atoms with E-state index in [1.54, 1.807) is 18.2 Å². The summed E-state index contributed by atoms with van der Waals surface area (Å²) in [7, 11) is 1.49. The van der Waals surface area contributed by atoms with Gasteiger partial charge in [-0.2, -0.15) is 5.26 Å². The number of ether oxygens (including phenoxy) is 2. The summed E-state index contributed by atoms with van der Waals surface area (Å²) in [6, 6.07) is 14.6. The third kappa shape index (κ3) is 3.64. The van der Waals surface area contributed by atoms with Crippen molar-refractivity contribution in [3.05, 3.63) is 48.0 Å². The number of amides is 1. The van der Waals surface area contributed by atoms with Crippen molar-refractivity contribution in [1.29, 1.82) is 5.26 Å². The fraction of sp³-hybridized carbons (Fsp3) is 0.318. The highest BCUT2D eigenvalue weighted by molar-refractivity contribution is 7.81. The second kappa shape index (κ2) is 7.72. The Hall–Kier alpha value is -3.11. The van der Waals surface area contributed by atoms with Crippen LogP contribution in [0.25, 0.3) is 0 Å². The first-order valence-corrected chi connectivity index (χ1v) is 9.65. The monoisotopic (exact) mass is 409 g/mol. The van der Waals surface area contributed by atoms with E-state index in [0.29, 0.717) is 22.1 Å². The van der Waals surface area contributed by atoms with Crippen LogP contribution >= 0.6 is 12.2 Å². The standard InChI is InChI=1S/C22H23N3O3S/c1-14(2)28-18-10-8-16(9-11-18)25-21(29)24(20(26)22(25,3)4)17-7-6-15(13-23)19(12-17)27-5/h6-12,14H,1-5H3. The van der Waals surface area contributed by atoms with Gasteiger partial charge in [0, 0.05) is 11.8 Å². The van der Waals surface area contributed by atoms with Crippen molar-refractivity contribution in [3.63, 3.8) is 0 Å². The molecule has 6 nitrogen and oxygen atoms in total. The molecule has 0 radical (unpaired) electrons. The third-order valence-corrected chi connectivity index (χ3v) is 5.06. The van der Waals surface area contributed by atoms with Crippen LogP contribution in [0, 0.1) is 11.3 Å². The predicted molar refractivity (Wildman–Crippen MR) is 117 cm³/mol. The van der Waals surface area contributed by atoms with Crippen LogP contribution < -0.4 is 19.3 Å². The highest BCUT2D eigenvalue weighted by Crippen LogP contribution is 2.38. The van der Waals surface area contributed by atoms with Crippen molar-refractivity contribution < 1.29 is 14.3 Å². The molecule has 0 spiro atoms. The van der Waals surface area contributed by atoms with Crippen molar-refractivity contribution in [3.8, 4) is 17.6 Å². The molecule has 150 valence electrons. The van der Waals surface area contributed by atoms with E-state index >= 15 is 0 Å². The molecule has 1 aliphatic rings. The van der Waals surface area contributed by atoms with E-state index in [9.17, 15) is 10.1 Å². The zero-order valence-corrected chi connectivity index (χ0v) is 17.9. The number of nitrogens with zero attached hydrogens (tertiary/aromatic N) is 3. The first-order chi connectivity index (χ1) is 13.7. The summed E-state index contributed by atoms with van der Waals surface area (Å²) < 4.78 is 11.0. The lowest BCUT2D eigenvalue weighted by molar-refractivity contribution is -0.120. The van der Waals surface area contributed by atoms with Crippen LogP contribution in [0.5, 0.6) is 11.5 Å². The molecule has 1 saturated heterocycles. The molecule has 1 amide bonds. The number of nitriles is 1. The van der Waals surface area contributed by atoms with E-state index in [1.165, 1.54) is 12.0 Å². The van der Waals surface area contributed by atoms with E-state index < -0.39 is 5.54 Å². The van der Waals surface area contributed by atoms with Crippen LogP contribution in [0.15, 0.2) is 42.5 Å². The topological polar surface area (TPSA) is 65.8 Å². The summed E-state index contributed by atoms with van der Waals surface area (Å²) in [5, 5.41) is 9.57. The molecule has 0 bridgehead atoms. The number of rotatable bonds is 5. The van der Waals surface area contributed by atoms with Gasteiger partial charge in [0.15, 0.2) is 5.11 Å². The summed E-state index contributed by atoms with van der Waals surface area (Å²) in [5.74, 6) is 0.996. The maximum absolute atomic E-state index is 13.3.